The van der Waals surface area contributed by atoms with E-state index >= 15 is 0 Å². The maximum absolute atomic E-state index is 6.32. The molecular weight excluding hydrogens is 619 g/mol. The summed E-state index contributed by atoms with van der Waals surface area (Å²) in [5, 5.41) is 4.80. The van der Waals surface area contributed by atoms with Gasteiger partial charge in [0.05, 0.1) is 0 Å². The third-order valence-corrected chi connectivity index (χ3v) is 10.4. The van der Waals surface area contributed by atoms with Crippen LogP contribution in [0.25, 0.3) is 55.0 Å². The number of para-hydroxylation sites is 1. The lowest BCUT2D eigenvalue weighted by atomic mass is 9.77. The summed E-state index contributed by atoms with van der Waals surface area (Å²) in [7, 11) is 0. The molecule has 0 radical (unpaired) electrons. The smallest absolute Gasteiger partial charge is 0.137 e. The van der Waals surface area contributed by atoms with Crippen LogP contribution in [0.2, 0.25) is 0 Å². The van der Waals surface area contributed by atoms with Crippen molar-refractivity contribution in [3.63, 3.8) is 0 Å². The van der Waals surface area contributed by atoms with E-state index in [-0.39, 0.29) is 5.41 Å². The van der Waals surface area contributed by atoms with E-state index in [9.17, 15) is 0 Å². The van der Waals surface area contributed by atoms with Crippen LogP contribution in [0.1, 0.15) is 25.0 Å². The lowest BCUT2D eigenvalue weighted by Gasteiger charge is -2.27. The molecule has 1 aromatic heterocycles. The molecule has 9 aromatic rings. The van der Waals surface area contributed by atoms with Crippen LogP contribution in [-0.2, 0) is 5.41 Å². The highest BCUT2D eigenvalue weighted by Gasteiger charge is 2.23. The molecule has 0 saturated heterocycles. The van der Waals surface area contributed by atoms with E-state index in [0.717, 1.165) is 39.0 Å². The average Bonchev–Trinajstić information content (AvgIpc) is 3.57. The first-order valence-corrected chi connectivity index (χ1v) is 17.6. The van der Waals surface area contributed by atoms with Crippen molar-refractivity contribution in [2.24, 2.45) is 0 Å². The standard InChI is InChI=1S/C49H37NO/c1-49(2,41-25-18-35-12-6-7-13-39(35)32-41)40-23-16-36(17-24-40)38-21-28-43(29-22-38)50(42-26-19-37(20-27-42)34-10-4-3-5-11-34)44-30-31-46-45-14-8-9-15-47(45)51-48(46)33-44/h3-33H,1-2H3. The highest BCUT2D eigenvalue weighted by atomic mass is 16.3. The minimum Gasteiger partial charge on any atom is -0.456 e. The van der Waals surface area contributed by atoms with Gasteiger partial charge >= 0.3 is 0 Å². The normalized spacial score (nSPS) is 11.7. The summed E-state index contributed by atoms with van der Waals surface area (Å²) in [6.45, 7) is 4.62. The summed E-state index contributed by atoms with van der Waals surface area (Å²) in [4.78, 5) is 2.31. The second-order valence-corrected chi connectivity index (χ2v) is 13.8. The monoisotopic (exact) mass is 655 g/mol. The molecule has 2 heteroatoms. The number of nitrogens with zero attached hydrogens (tertiary/aromatic N) is 1. The number of benzene rings is 8. The van der Waals surface area contributed by atoms with E-state index in [2.05, 4.69) is 195 Å². The summed E-state index contributed by atoms with van der Waals surface area (Å²) >= 11 is 0. The Hall–Kier alpha value is -6.38. The molecule has 0 aliphatic heterocycles. The SMILES string of the molecule is CC(C)(c1ccc(-c2ccc(N(c3ccc(-c4ccccc4)cc3)c3ccc4c(c3)oc3ccccc34)cc2)cc1)c1ccc2ccccc2c1. The number of fused-ring (bicyclic) bond motifs is 4. The Morgan fingerprint density at radius 1 is 0.373 bits per heavy atom. The summed E-state index contributed by atoms with van der Waals surface area (Å²) in [5.41, 5.74) is 12.2. The van der Waals surface area contributed by atoms with Crippen LogP contribution in [0, 0.1) is 0 Å². The van der Waals surface area contributed by atoms with Crippen LogP contribution in [0.3, 0.4) is 0 Å². The van der Waals surface area contributed by atoms with Gasteiger partial charge in [-0.15, -0.1) is 0 Å². The zero-order valence-electron chi connectivity index (χ0n) is 28.8. The molecule has 9 rings (SSSR count). The number of hydrogen-bond acceptors (Lipinski definition) is 2. The van der Waals surface area contributed by atoms with Gasteiger partial charge in [-0.05, 0) is 86.6 Å². The van der Waals surface area contributed by atoms with E-state index in [4.69, 9.17) is 4.42 Å². The first kappa shape index (κ1) is 30.7. The van der Waals surface area contributed by atoms with Gasteiger partial charge in [-0.1, -0.05) is 153 Å². The molecule has 0 amide bonds. The maximum atomic E-state index is 6.32. The minimum atomic E-state index is -0.121. The van der Waals surface area contributed by atoms with Gasteiger partial charge in [-0.2, -0.15) is 0 Å². The molecule has 2 nitrogen and oxygen atoms in total. The summed E-state index contributed by atoms with van der Waals surface area (Å²) in [6, 6.07) is 67.5. The second kappa shape index (κ2) is 12.5. The number of anilines is 3. The first-order valence-electron chi connectivity index (χ1n) is 17.6. The van der Waals surface area contributed by atoms with Gasteiger partial charge in [0.2, 0.25) is 0 Å². The van der Waals surface area contributed by atoms with Crippen LogP contribution in [0.4, 0.5) is 17.1 Å². The molecule has 0 spiro atoms. The molecule has 0 atom stereocenters. The van der Waals surface area contributed by atoms with E-state index in [1.165, 1.54) is 44.2 Å². The van der Waals surface area contributed by atoms with Crippen molar-refractivity contribution in [2.45, 2.75) is 19.3 Å². The highest BCUT2D eigenvalue weighted by molar-refractivity contribution is 6.06. The van der Waals surface area contributed by atoms with Crippen molar-refractivity contribution < 1.29 is 4.42 Å². The zero-order chi connectivity index (χ0) is 34.4. The van der Waals surface area contributed by atoms with Gasteiger partial charge in [0.15, 0.2) is 0 Å². The molecule has 0 aliphatic carbocycles. The van der Waals surface area contributed by atoms with E-state index in [0.29, 0.717) is 0 Å². The highest BCUT2D eigenvalue weighted by Crippen LogP contribution is 2.40. The quantitative estimate of drug-likeness (QED) is 0.170. The second-order valence-electron chi connectivity index (χ2n) is 13.8. The molecule has 0 N–H and O–H groups in total. The summed E-state index contributed by atoms with van der Waals surface area (Å²) < 4.78 is 6.32. The first-order chi connectivity index (χ1) is 25.0. The Bertz CT molecular complexity index is 2630. The lowest BCUT2D eigenvalue weighted by Crippen LogP contribution is -2.18. The van der Waals surface area contributed by atoms with Crippen LogP contribution in [0.15, 0.2) is 192 Å². The largest absolute Gasteiger partial charge is 0.456 e. The zero-order valence-corrected chi connectivity index (χ0v) is 28.8. The Morgan fingerprint density at radius 2 is 0.882 bits per heavy atom. The fraction of sp³-hybridized carbons (Fsp3) is 0.0612. The molecule has 0 fully saturated rings. The molecule has 0 saturated carbocycles. The van der Waals surface area contributed by atoms with Gasteiger partial charge in [0.1, 0.15) is 11.2 Å². The van der Waals surface area contributed by atoms with Crippen molar-refractivity contribution >= 4 is 49.8 Å². The lowest BCUT2D eigenvalue weighted by molar-refractivity contribution is 0.642. The topological polar surface area (TPSA) is 16.4 Å². The summed E-state index contributed by atoms with van der Waals surface area (Å²) in [6.07, 6.45) is 0. The predicted molar refractivity (Wildman–Crippen MR) is 215 cm³/mol. The third-order valence-electron chi connectivity index (χ3n) is 10.4. The fourth-order valence-electron chi connectivity index (χ4n) is 7.36. The van der Waals surface area contributed by atoms with Crippen LogP contribution >= 0.6 is 0 Å². The third kappa shape index (κ3) is 5.65. The van der Waals surface area contributed by atoms with Crippen molar-refractivity contribution in [3.05, 3.63) is 199 Å². The van der Waals surface area contributed by atoms with E-state index in [1.54, 1.807) is 0 Å². The minimum absolute atomic E-state index is 0.121. The molecule has 0 unspecified atom stereocenters. The van der Waals surface area contributed by atoms with Crippen molar-refractivity contribution in [2.75, 3.05) is 4.90 Å². The van der Waals surface area contributed by atoms with Gasteiger partial charge < -0.3 is 9.32 Å². The summed E-state index contributed by atoms with van der Waals surface area (Å²) in [5.74, 6) is 0. The Balaban J connectivity index is 1.05. The number of rotatable bonds is 7. The van der Waals surface area contributed by atoms with Crippen LogP contribution in [-0.4, -0.2) is 0 Å². The van der Waals surface area contributed by atoms with Crippen LogP contribution < -0.4 is 4.90 Å². The Labute approximate surface area is 298 Å². The van der Waals surface area contributed by atoms with E-state index in [1.807, 2.05) is 12.1 Å². The Kier molecular flexibility index (Phi) is 7.51. The van der Waals surface area contributed by atoms with Crippen molar-refractivity contribution in [1.29, 1.82) is 0 Å². The van der Waals surface area contributed by atoms with Gasteiger partial charge in [0, 0.05) is 39.3 Å². The molecule has 51 heavy (non-hydrogen) atoms. The fourth-order valence-corrected chi connectivity index (χ4v) is 7.36. The molecule has 244 valence electrons. The molecule has 0 aliphatic rings. The predicted octanol–water partition coefficient (Wildman–Crippen LogP) is 13.9. The van der Waals surface area contributed by atoms with Gasteiger partial charge in [0.25, 0.3) is 0 Å². The van der Waals surface area contributed by atoms with Crippen LogP contribution in [0.5, 0.6) is 0 Å². The van der Waals surface area contributed by atoms with Crippen molar-refractivity contribution in [1.82, 2.24) is 0 Å². The van der Waals surface area contributed by atoms with Gasteiger partial charge in [-0.25, -0.2) is 0 Å². The molecule has 8 aromatic carbocycles. The number of furan rings is 1. The number of hydrogen-bond donors (Lipinski definition) is 0. The van der Waals surface area contributed by atoms with E-state index < -0.39 is 0 Å². The molecular formula is C49H37NO. The molecule has 1 heterocycles. The Morgan fingerprint density at radius 3 is 1.57 bits per heavy atom. The van der Waals surface area contributed by atoms with Gasteiger partial charge in [-0.3, -0.25) is 0 Å². The molecule has 0 bridgehead atoms. The maximum Gasteiger partial charge on any atom is 0.137 e. The average molecular weight is 656 g/mol. The van der Waals surface area contributed by atoms with Crippen molar-refractivity contribution in [3.8, 4) is 22.3 Å².